The summed E-state index contributed by atoms with van der Waals surface area (Å²) in [7, 11) is 0. The highest BCUT2D eigenvalue weighted by atomic mass is 32.1. The van der Waals surface area contributed by atoms with Crippen LogP contribution in [0.25, 0.3) is 0 Å². The molecule has 1 amide bonds. The van der Waals surface area contributed by atoms with Crippen molar-refractivity contribution in [2.75, 3.05) is 6.54 Å². The molecule has 16 heavy (non-hydrogen) atoms. The lowest BCUT2D eigenvalue weighted by Crippen LogP contribution is -2.41. The minimum Gasteiger partial charge on any atom is -0.388 e. The van der Waals surface area contributed by atoms with E-state index in [1.807, 2.05) is 13.8 Å². The summed E-state index contributed by atoms with van der Waals surface area (Å²) in [5.41, 5.74) is 1.59. The van der Waals surface area contributed by atoms with E-state index in [0.717, 1.165) is 5.69 Å². The van der Waals surface area contributed by atoms with Crippen LogP contribution in [0.4, 0.5) is 0 Å². The Hall–Kier alpha value is -0.940. The molecule has 0 aliphatic heterocycles. The first-order valence-electron chi connectivity index (χ1n) is 5.43. The normalized spacial score (nSPS) is 11.5. The molecule has 0 unspecified atom stereocenters. The van der Waals surface area contributed by atoms with Crippen LogP contribution in [0.2, 0.25) is 0 Å². The van der Waals surface area contributed by atoms with Crippen molar-refractivity contribution in [3.05, 3.63) is 16.1 Å². The van der Waals surface area contributed by atoms with E-state index in [1.165, 1.54) is 11.3 Å². The summed E-state index contributed by atoms with van der Waals surface area (Å²) in [6.07, 6.45) is 1.26. The fraction of sp³-hybridized carbons (Fsp3) is 0.636. The van der Waals surface area contributed by atoms with E-state index in [0.29, 0.717) is 17.7 Å². The number of carbonyl (C=O) groups excluding carboxylic acids is 1. The second kappa shape index (κ2) is 5.41. The molecule has 2 N–H and O–H groups in total. The molecule has 5 heteroatoms. The Morgan fingerprint density at radius 1 is 1.56 bits per heavy atom. The van der Waals surface area contributed by atoms with Crippen molar-refractivity contribution in [2.24, 2.45) is 0 Å². The smallest absolute Gasteiger partial charge is 0.263 e. The number of amides is 1. The summed E-state index contributed by atoms with van der Waals surface area (Å²) in [4.78, 5) is 16.4. The lowest BCUT2D eigenvalue weighted by atomic mass is 9.97. The summed E-state index contributed by atoms with van der Waals surface area (Å²) < 4.78 is 0. The van der Waals surface area contributed by atoms with Crippen LogP contribution in [-0.4, -0.2) is 28.1 Å². The zero-order valence-corrected chi connectivity index (χ0v) is 10.7. The summed E-state index contributed by atoms with van der Waals surface area (Å²) in [5, 5.41) is 12.8. The molecule has 0 aliphatic carbocycles. The molecule has 1 aromatic heterocycles. The van der Waals surface area contributed by atoms with Gasteiger partial charge >= 0.3 is 0 Å². The van der Waals surface area contributed by atoms with Crippen molar-refractivity contribution >= 4 is 17.2 Å². The van der Waals surface area contributed by atoms with Gasteiger partial charge in [-0.2, -0.15) is 0 Å². The molecule has 1 rings (SSSR count). The number of hydrogen-bond donors (Lipinski definition) is 2. The molecular weight excluding hydrogens is 224 g/mol. The Morgan fingerprint density at radius 2 is 2.19 bits per heavy atom. The van der Waals surface area contributed by atoms with Crippen molar-refractivity contribution in [3.8, 4) is 0 Å². The van der Waals surface area contributed by atoms with Gasteiger partial charge in [0.1, 0.15) is 4.88 Å². The predicted molar refractivity (Wildman–Crippen MR) is 64.7 cm³/mol. The zero-order chi connectivity index (χ0) is 12.2. The summed E-state index contributed by atoms with van der Waals surface area (Å²) in [6.45, 7) is 5.91. The maximum Gasteiger partial charge on any atom is 0.263 e. The molecule has 4 nitrogen and oxygen atoms in total. The molecule has 0 atom stereocenters. The highest BCUT2D eigenvalue weighted by Gasteiger charge is 2.23. The van der Waals surface area contributed by atoms with Gasteiger partial charge in [-0.3, -0.25) is 4.79 Å². The van der Waals surface area contributed by atoms with Gasteiger partial charge in [0, 0.05) is 6.54 Å². The molecule has 0 spiro atoms. The van der Waals surface area contributed by atoms with E-state index < -0.39 is 5.60 Å². The van der Waals surface area contributed by atoms with E-state index >= 15 is 0 Å². The number of aryl methyl sites for hydroxylation is 1. The van der Waals surface area contributed by atoms with E-state index in [9.17, 15) is 9.90 Å². The second-order valence-electron chi connectivity index (χ2n) is 3.88. The largest absolute Gasteiger partial charge is 0.388 e. The number of aliphatic hydroxyl groups is 1. The zero-order valence-electron chi connectivity index (χ0n) is 9.91. The van der Waals surface area contributed by atoms with Crippen molar-refractivity contribution < 1.29 is 9.90 Å². The Morgan fingerprint density at radius 3 is 2.62 bits per heavy atom. The Kier molecular flexibility index (Phi) is 4.44. The third-order valence-corrected chi connectivity index (χ3v) is 3.77. The van der Waals surface area contributed by atoms with Crippen LogP contribution >= 0.6 is 11.3 Å². The van der Waals surface area contributed by atoms with Crippen LogP contribution in [0.15, 0.2) is 5.51 Å². The molecule has 0 bridgehead atoms. The van der Waals surface area contributed by atoms with Crippen LogP contribution in [-0.2, 0) is 0 Å². The molecule has 0 radical (unpaired) electrons. The fourth-order valence-corrected chi connectivity index (χ4v) is 2.06. The van der Waals surface area contributed by atoms with Crippen LogP contribution < -0.4 is 5.32 Å². The third-order valence-electron chi connectivity index (χ3n) is 2.85. The van der Waals surface area contributed by atoms with Crippen molar-refractivity contribution in [2.45, 2.75) is 39.2 Å². The monoisotopic (exact) mass is 242 g/mol. The molecular formula is C11H18N2O2S. The Labute approximate surface area is 99.7 Å². The maximum atomic E-state index is 11.8. The van der Waals surface area contributed by atoms with E-state index in [-0.39, 0.29) is 12.5 Å². The average Bonchev–Trinajstić information content (AvgIpc) is 2.72. The van der Waals surface area contributed by atoms with Crippen LogP contribution in [0.3, 0.4) is 0 Å². The number of rotatable bonds is 5. The molecule has 0 saturated heterocycles. The van der Waals surface area contributed by atoms with Gasteiger partial charge in [0.25, 0.3) is 5.91 Å². The van der Waals surface area contributed by atoms with Gasteiger partial charge in [0.05, 0.1) is 16.8 Å². The fourth-order valence-electron chi connectivity index (χ4n) is 1.34. The van der Waals surface area contributed by atoms with Gasteiger partial charge in [-0.25, -0.2) is 4.98 Å². The standard InChI is InChI=1S/C11H18N2O2S/c1-4-11(15,5-2)6-12-10(14)9-8(3)13-7-16-9/h7,15H,4-6H2,1-3H3,(H,12,14). The van der Waals surface area contributed by atoms with Gasteiger partial charge in [0.15, 0.2) is 0 Å². The molecule has 0 aromatic carbocycles. The van der Waals surface area contributed by atoms with Crippen molar-refractivity contribution in [1.29, 1.82) is 0 Å². The summed E-state index contributed by atoms with van der Waals surface area (Å²) in [5.74, 6) is -0.152. The van der Waals surface area contributed by atoms with Gasteiger partial charge in [-0.05, 0) is 19.8 Å². The number of aromatic nitrogens is 1. The summed E-state index contributed by atoms with van der Waals surface area (Å²) >= 11 is 1.32. The van der Waals surface area contributed by atoms with Crippen molar-refractivity contribution in [1.82, 2.24) is 10.3 Å². The van der Waals surface area contributed by atoms with E-state index in [4.69, 9.17) is 0 Å². The maximum absolute atomic E-state index is 11.8. The van der Waals surface area contributed by atoms with Crippen LogP contribution in [0.5, 0.6) is 0 Å². The lowest BCUT2D eigenvalue weighted by Gasteiger charge is -2.25. The van der Waals surface area contributed by atoms with Gasteiger partial charge in [-0.1, -0.05) is 13.8 Å². The highest BCUT2D eigenvalue weighted by molar-refractivity contribution is 7.11. The summed E-state index contributed by atoms with van der Waals surface area (Å²) in [6, 6.07) is 0. The Balaban J connectivity index is 2.57. The minimum absolute atomic E-state index is 0.152. The average molecular weight is 242 g/mol. The SMILES string of the molecule is CCC(O)(CC)CNC(=O)c1scnc1C. The Bertz CT molecular complexity index is 359. The van der Waals surface area contributed by atoms with Gasteiger partial charge in [-0.15, -0.1) is 11.3 Å². The first kappa shape index (κ1) is 13.1. The molecule has 1 aromatic rings. The first-order chi connectivity index (χ1) is 7.52. The van der Waals surface area contributed by atoms with Crippen LogP contribution in [0, 0.1) is 6.92 Å². The molecule has 0 saturated carbocycles. The number of hydrogen-bond acceptors (Lipinski definition) is 4. The first-order valence-corrected chi connectivity index (χ1v) is 6.31. The van der Waals surface area contributed by atoms with Gasteiger partial charge < -0.3 is 10.4 Å². The van der Waals surface area contributed by atoms with Crippen LogP contribution in [0.1, 0.15) is 42.1 Å². The third kappa shape index (κ3) is 3.02. The van der Waals surface area contributed by atoms with Crippen molar-refractivity contribution in [3.63, 3.8) is 0 Å². The quantitative estimate of drug-likeness (QED) is 0.826. The molecule has 0 fully saturated rings. The number of nitrogens with zero attached hydrogens (tertiary/aromatic N) is 1. The highest BCUT2D eigenvalue weighted by Crippen LogP contribution is 2.15. The number of nitrogens with one attached hydrogen (secondary N) is 1. The van der Waals surface area contributed by atoms with E-state index in [1.54, 1.807) is 12.4 Å². The molecule has 90 valence electrons. The number of carbonyl (C=O) groups is 1. The van der Waals surface area contributed by atoms with Gasteiger partial charge in [0.2, 0.25) is 0 Å². The van der Waals surface area contributed by atoms with E-state index in [2.05, 4.69) is 10.3 Å². The molecule has 0 aliphatic rings. The lowest BCUT2D eigenvalue weighted by molar-refractivity contribution is 0.0314. The minimum atomic E-state index is -0.797. The predicted octanol–water partition coefficient (Wildman–Crippen LogP) is 1.73. The number of thiazole rings is 1. The second-order valence-corrected chi connectivity index (χ2v) is 4.74. The topological polar surface area (TPSA) is 62.2 Å². The molecule has 1 heterocycles.